The van der Waals surface area contributed by atoms with Gasteiger partial charge in [-0.25, -0.2) is 4.79 Å². The number of esters is 1. The van der Waals surface area contributed by atoms with E-state index in [0.717, 1.165) is 24.3 Å². The highest BCUT2D eigenvalue weighted by Crippen LogP contribution is 2.29. The first-order chi connectivity index (χ1) is 12.2. The molecule has 0 radical (unpaired) electrons. The fraction of sp³-hybridized carbons (Fsp3) is 0.167. The van der Waals surface area contributed by atoms with Crippen molar-refractivity contribution in [3.8, 4) is 6.07 Å². The quantitative estimate of drug-likeness (QED) is 0.840. The Morgan fingerprint density at radius 1 is 1.08 bits per heavy atom. The standard InChI is InChI=1S/C18H13F3N2O3/c1-11(26-17(25)13-4-2-12(10-22)3-5-13)16(24)23-15-8-6-14(7-9-15)18(19,20)21/h2-9,11H,1H3,(H,23,24)/t11-/m1/s1. The molecule has 0 aliphatic heterocycles. The molecule has 0 fully saturated rings. The summed E-state index contributed by atoms with van der Waals surface area (Å²) in [6, 6.07) is 11.4. The molecule has 0 aromatic heterocycles. The third-order valence-corrected chi connectivity index (χ3v) is 3.38. The van der Waals surface area contributed by atoms with Crippen molar-refractivity contribution in [1.29, 1.82) is 5.26 Å². The highest BCUT2D eigenvalue weighted by atomic mass is 19.4. The number of ether oxygens (including phenoxy) is 1. The Kier molecular flexibility index (Phi) is 5.62. The van der Waals surface area contributed by atoms with Gasteiger partial charge in [0.1, 0.15) is 0 Å². The molecule has 0 saturated heterocycles. The zero-order valence-corrected chi connectivity index (χ0v) is 13.5. The number of anilines is 1. The van der Waals surface area contributed by atoms with E-state index in [1.807, 2.05) is 6.07 Å². The number of rotatable bonds is 4. The Hall–Kier alpha value is -3.34. The van der Waals surface area contributed by atoms with E-state index in [4.69, 9.17) is 10.00 Å². The predicted molar refractivity (Wildman–Crippen MR) is 86.1 cm³/mol. The molecule has 134 valence electrons. The van der Waals surface area contributed by atoms with Crippen molar-refractivity contribution in [1.82, 2.24) is 0 Å². The van der Waals surface area contributed by atoms with Crippen molar-refractivity contribution in [2.75, 3.05) is 5.32 Å². The lowest BCUT2D eigenvalue weighted by molar-refractivity contribution is -0.137. The summed E-state index contributed by atoms with van der Waals surface area (Å²) >= 11 is 0. The zero-order valence-electron chi connectivity index (χ0n) is 13.5. The van der Waals surface area contributed by atoms with Gasteiger partial charge in [-0.05, 0) is 55.5 Å². The van der Waals surface area contributed by atoms with Crippen LogP contribution in [0.1, 0.15) is 28.4 Å². The molecule has 8 heteroatoms. The van der Waals surface area contributed by atoms with Gasteiger partial charge in [0.2, 0.25) is 0 Å². The molecule has 1 N–H and O–H groups in total. The van der Waals surface area contributed by atoms with Crippen molar-refractivity contribution in [3.63, 3.8) is 0 Å². The Morgan fingerprint density at radius 3 is 2.15 bits per heavy atom. The van der Waals surface area contributed by atoms with Gasteiger partial charge in [-0.15, -0.1) is 0 Å². The molecule has 1 atom stereocenters. The molecule has 2 rings (SSSR count). The number of carbonyl (C=O) groups excluding carboxylic acids is 2. The molecule has 0 bridgehead atoms. The number of hydrogen-bond acceptors (Lipinski definition) is 4. The Balaban J connectivity index is 1.96. The number of benzene rings is 2. The van der Waals surface area contributed by atoms with E-state index in [1.165, 1.54) is 31.2 Å². The minimum absolute atomic E-state index is 0.143. The van der Waals surface area contributed by atoms with Crippen molar-refractivity contribution in [2.24, 2.45) is 0 Å². The summed E-state index contributed by atoms with van der Waals surface area (Å²) in [6.07, 6.45) is -5.63. The second kappa shape index (κ2) is 7.70. The summed E-state index contributed by atoms with van der Waals surface area (Å²) in [5.41, 5.74) is -0.159. The van der Waals surface area contributed by atoms with Gasteiger partial charge in [-0.2, -0.15) is 18.4 Å². The van der Waals surface area contributed by atoms with Gasteiger partial charge in [0.05, 0.1) is 22.8 Å². The van der Waals surface area contributed by atoms with E-state index < -0.39 is 29.7 Å². The summed E-state index contributed by atoms with van der Waals surface area (Å²) < 4.78 is 42.5. The topological polar surface area (TPSA) is 79.2 Å². The molecule has 0 unspecified atom stereocenters. The molecule has 26 heavy (non-hydrogen) atoms. The van der Waals surface area contributed by atoms with Crippen LogP contribution in [-0.2, 0) is 15.7 Å². The fourth-order valence-corrected chi connectivity index (χ4v) is 1.95. The Morgan fingerprint density at radius 2 is 1.65 bits per heavy atom. The summed E-state index contributed by atoms with van der Waals surface area (Å²) in [4.78, 5) is 24.0. The number of hydrogen-bond donors (Lipinski definition) is 1. The van der Waals surface area contributed by atoms with Crippen LogP contribution in [0.2, 0.25) is 0 Å². The summed E-state index contributed by atoms with van der Waals surface area (Å²) in [5.74, 6) is -1.45. The normalized spacial score (nSPS) is 12.0. The first-order valence-corrected chi connectivity index (χ1v) is 7.40. The lowest BCUT2D eigenvalue weighted by Gasteiger charge is -2.14. The second-order valence-electron chi connectivity index (χ2n) is 5.30. The van der Waals surface area contributed by atoms with Crippen LogP contribution in [0.4, 0.5) is 18.9 Å². The van der Waals surface area contributed by atoms with Gasteiger partial charge in [0, 0.05) is 5.69 Å². The molecule has 5 nitrogen and oxygen atoms in total. The average molecular weight is 362 g/mol. The lowest BCUT2D eigenvalue weighted by atomic mass is 10.1. The highest BCUT2D eigenvalue weighted by molar-refractivity contribution is 5.97. The molecule has 2 aromatic rings. The molecule has 0 aliphatic carbocycles. The zero-order chi connectivity index (χ0) is 19.3. The molecule has 0 aliphatic rings. The number of nitrogens with zero attached hydrogens (tertiary/aromatic N) is 1. The summed E-state index contributed by atoms with van der Waals surface area (Å²) in [5, 5.41) is 11.1. The van der Waals surface area contributed by atoms with Gasteiger partial charge >= 0.3 is 12.1 Å². The first kappa shape index (κ1) is 19.0. The largest absolute Gasteiger partial charge is 0.449 e. The molecular formula is C18H13F3N2O3. The van der Waals surface area contributed by atoms with Crippen LogP contribution in [0.3, 0.4) is 0 Å². The van der Waals surface area contributed by atoms with Crippen LogP contribution in [0.15, 0.2) is 48.5 Å². The maximum atomic E-state index is 12.5. The van der Waals surface area contributed by atoms with Crippen molar-refractivity contribution in [3.05, 3.63) is 65.2 Å². The van der Waals surface area contributed by atoms with E-state index >= 15 is 0 Å². The third-order valence-electron chi connectivity index (χ3n) is 3.38. The Bertz CT molecular complexity index is 838. The Labute approximate surface area is 147 Å². The van der Waals surface area contributed by atoms with E-state index in [2.05, 4.69) is 5.32 Å². The number of carbonyl (C=O) groups is 2. The lowest BCUT2D eigenvalue weighted by Crippen LogP contribution is -2.30. The van der Waals surface area contributed by atoms with Gasteiger partial charge in [-0.1, -0.05) is 0 Å². The number of amides is 1. The number of halogens is 3. The highest BCUT2D eigenvalue weighted by Gasteiger charge is 2.30. The minimum atomic E-state index is -4.47. The van der Waals surface area contributed by atoms with Gasteiger partial charge in [-0.3, -0.25) is 4.79 Å². The second-order valence-corrected chi connectivity index (χ2v) is 5.30. The maximum absolute atomic E-state index is 12.5. The van der Waals surface area contributed by atoms with Crippen LogP contribution >= 0.6 is 0 Å². The summed E-state index contributed by atoms with van der Waals surface area (Å²) in [7, 11) is 0. The maximum Gasteiger partial charge on any atom is 0.416 e. The van der Waals surface area contributed by atoms with Crippen LogP contribution in [0.5, 0.6) is 0 Å². The predicted octanol–water partition coefficient (Wildman–Crippen LogP) is 3.76. The van der Waals surface area contributed by atoms with E-state index in [0.29, 0.717) is 5.56 Å². The number of nitriles is 1. The molecule has 1 amide bonds. The number of alkyl halides is 3. The molecular weight excluding hydrogens is 349 g/mol. The van der Waals surface area contributed by atoms with Gasteiger partial charge in [0.15, 0.2) is 6.10 Å². The van der Waals surface area contributed by atoms with E-state index in [1.54, 1.807) is 0 Å². The fourth-order valence-electron chi connectivity index (χ4n) is 1.95. The smallest absolute Gasteiger partial charge is 0.416 e. The SMILES string of the molecule is C[C@@H](OC(=O)c1ccc(C#N)cc1)C(=O)Nc1ccc(C(F)(F)F)cc1. The van der Waals surface area contributed by atoms with E-state index in [9.17, 15) is 22.8 Å². The van der Waals surface area contributed by atoms with Crippen molar-refractivity contribution >= 4 is 17.6 Å². The molecule has 0 spiro atoms. The molecule has 2 aromatic carbocycles. The van der Waals surface area contributed by atoms with Gasteiger partial charge < -0.3 is 10.1 Å². The van der Waals surface area contributed by atoms with Gasteiger partial charge in [0.25, 0.3) is 5.91 Å². The number of nitrogens with one attached hydrogen (secondary N) is 1. The van der Waals surface area contributed by atoms with E-state index in [-0.39, 0.29) is 11.3 Å². The molecule has 0 saturated carbocycles. The molecule has 0 heterocycles. The van der Waals surface area contributed by atoms with Crippen LogP contribution in [0.25, 0.3) is 0 Å². The monoisotopic (exact) mass is 362 g/mol. The van der Waals surface area contributed by atoms with Crippen LogP contribution in [-0.4, -0.2) is 18.0 Å². The van der Waals surface area contributed by atoms with Crippen molar-refractivity contribution in [2.45, 2.75) is 19.2 Å². The first-order valence-electron chi connectivity index (χ1n) is 7.40. The van der Waals surface area contributed by atoms with Crippen LogP contribution < -0.4 is 5.32 Å². The average Bonchev–Trinajstić information content (AvgIpc) is 2.61. The third kappa shape index (κ3) is 4.83. The van der Waals surface area contributed by atoms with Crippen LogP contribution in [0, 0.1) is 11.3 Å². The minimum Gasteiger partial charge on any atom is -0.449 e. The summed E-state index contributed by atoms with van der Waals surface area (Å²) in [6.45, 7) is 1.33. The van der Waals surface area contributed by atoms with Crippen molar-refractivity contribution < 1.29 is 27.5 Å².